The second-order valence-electron chi connectivity index (χ2n) is 6.72. The molecule has 0 saturated heterocycles. The zero-order valence-corrected chi connectivity index (χ0v) is 19.3. The summed E-state index contributed by atoms with van der Waals surface area (Å²) in [4.78, 5) is 29.1. The lowest BCUT2D eigenvalue weighted by atomic mass is 10.1. The molecule has 3 N–H and O–H groups in total. The molecule has 2 amide bonds. The fourth-order valence-corrected chi connectivity index (χ4v) is 3.08. The smallest absolute Gasteiger partial charge is 0.251 e. The number of nitrogens with zero attached hydrogens (tertiary/aromatic N) is 2. The third kappa shape index (κ3) is 5.28. The van der Waals surface area contributed by atoms with Gasteiger partial charge in [-0.15, -0.1) is 5.10 Å². The van der Waals surface area contributed by atoms with Crippen molar-refractivity contribution in [1.82, 2.24) is 20.5 Å². The highest BCUT2D eigenvalue weighted by molar-refractivity contribution is 5.99. The molecule has 12 nitrogen and oxygen atoms in total. The van der Waals surface area contributed by atoms with E-state index in [4.69, 9.17) is 23.7 Å². The van der Waals surface area contributed by atoms with Crippen LogP contribution >= 0.6 is 0 Å². The Kier molecular flexibility index (Phi) is 7.75. The first-order valence-corrected chi connectivity index (χ1v) is 9.96. The number of aromatic amines is 1. The molecule has 0 unspecified atom stereocenters. The maximum atomic E-state index is 12.5. The monoisotopic (exact) mass is 471 g/mol. The number of carbonyl (C=O) groups is 2. The van der Waals surface area contributed by atoms with Crippen molar-refractivity contribution in [3.8, 4) is 40.1 Å². The summed E-state index contributed by atoms with van der Waals surface area (Å²) in [6.07, 6.45) is 0. The number of hydrogen-bond acceptors (Lipinski definition) is 9. The highest BCUT2D eigenvalue weighted by Crippen LogP contribution is 2.38. The summed E-state index contributed by atoms with van der Waals surface area (Å²) in [6, 6.07) is 8.17. The molecule has 34 heavy (non-hydrogen) atoms. The fraction of sp³-hybridized carbons (Fsp3) is 0.273. The molecule has 0 radical (unpaired) electrons. The van der Waals surface area contributed by atoms with Crippen molar-refractivity contribution in [3.63, 3.8) is 0 Å². The SMILES string of the molecule is COc1ccc(-c2nc(NC(=O)CNC(=O)c3cc(OC)c(OC)c(OC)c3)n[nH]2)c(OC)c1. The van der Waals surface area contributed by atoms with Crippen LogP contribution < -0.4 is 34.3 Å². The van der Waals surface area contributed by atoms with E-state index >= 15 is 0 Å². The first-order chi connectivity index (χ1) is 16.4. The van der Waals surface area contributed by atoms with Crippen LogP contribution in [0.2, 0.25) is 0 Å². The van der Waals surface area contributed by atoms with Crippen LogP contribution in [0, 0.1) is 0 Å². The number of nitrogens with one attached hydrogen (secondary N) is 3. The number of benzene rings is 2. The molecule has 0 bridgehead atoms. The number of ether oxygens (including phenoxy) is 5. The van der Waals surface area contributed by atoms with Gasteiger partial charge >= 0.3 is 0 Å². The minimum atomic E-state index is -0.520. The van der Waals surface area contributed by atoms with E-state index in [-0.39, 0.29) is 18.1 Å². The summed E-state index contributed by atoms with van der Waals surface area (Å²) in [7, 11) is 7.42. The maximum Gasteiger partial charge on any atom is 0.251 e. The summed E-state index contributed by atoms with van der Waals surface area (Å²) >= 11 is 0. The van der Waals surface area contributed by atoms with Gasteiger partial charge < -0.3 is 29.0 Å². The van der Waals surface area contributed by atoms with E-state index in [2.05, 4.69) is 25.8 Å². The number of hydrogen-bond donors (Lipinski definition) is 3. The summed E-state index contributed by atoms with van der Waals surface area (Å²) in [5.74, 6) is 1.53. The van der Waals surface area contributed by atoms with Crippen LogP contribution in [-0.2, 0) is 4.79 Å². The van der Waals surface area contributed by atoms with Crippen LogP contribution in [0.25, 0.3) is 11.4 Å². The third-order valence-corrected chi connectivity index (χ3v) is 4.74. The number of aromatic nitrogens is 3. The average molecular weight is 471 g/mol. The second kappa shape index (κ2) is 10.9. The summed E-state index contributed by atoms with van der Waals surface area (Å²) < 4.78 is 26.3. The van der Waals surface area contributed by atoms with Crippen molar-refractivity contribution >= 4 is 17.8 Å². The minimum absolute atomic E-state index is 0.0416. The molecule has 0 aliphatic carbocycles. The Labute approximate surface area is 195 Å². The number of methoxy groups -OCH3 is 5. The van der Waals surface area contributed by atoms with Crippen LogP contribution in [0.1, 0.15) is 10.4 Å². The topological polar surface area (TPSA) is 146 Å². The van der Waals surface area contributed by atoms with E-state index in [1.54, 1.807) is 25.3 Å². The minimum Gasteiger partial charge on any atom is -0.497 e. The molecule has 0 spiro atoms. The Morgan fingerprint density at radius 3 is 2.15 bits per heavy atom. The molecule has 2 aromatic carbocycles. The number of anilines is 1. The maximum absolute atomic E-state index is 12.5. The highest BCUT2D eigenvalue weighted by atomic mass is 16.5. The number of H-pyrrole nitrogens is 1. The summed E-state index contributed by atoms with van der Waals surface area (Å²) in [5, 5.41) is 11.8. The lowest BCUT2D eigenvalue weighted by Crippen LogP contribution is -2.33. The number of carbonyl (C=O) groups excluding carboxylic acids is 2. The Hall–Kier alpha value is -4.48. The first kappa shape index (κ1) is 24.2. The average Bonchev–Trinajstić information content (AvgIpc) is 3.33. The predicted molar refractivity (Wildman–Crippen MR) is 122 cm³/mol. The van der Waals surface area contributed by atoms with Gasteiger partial charge in [0.25, 0.3) is 5.91 Å². The van der Waals surface area contributed by atoms with Crippen LogP contribution in [0.4, 0.5) is 5.95 Å². The van der Waals surface area contributed by atoms with Crippen LogP contribution in [0.15, 0.2) is 30.3 Å². The lowest BCUT2D eigenvalue weighted by Gasteiger charge is -2.14. The van der Waals surface area contributed by atoms with Gasteiger partial charge in [-0.25, -0.2) is 0 Å². The van der Waals surface area contributed by atoms with Crippen molar-refractivity contribution in [2.24, 2.45) is 0 Å². The van der Waals surface area contributed by atoms with Gasteiger partial charge in [0, 0.05) is 11.6 Å². The summed E-state index contributed by atoms with van der Waals surface area (Å²) in [5.41, 5.74) is 0.862. The van der Waals surface area contributed by atoms with Crippen LogP contribution in [0.3, 0.4) is 0 Å². The van der Waals surface area contributed by atoms with E-state index < -0.39 is 11.8 Å². The molecule has 1 heterocycles. The molecule has 0 atom stereocenters. The molecular weight excluding hydrogens is 446 g/mol. The largest absolute Gasteiger partial charge is 0.497 e. The predicted octanol–water partition coefficient (Wildman–Crippen LogP) is 1.88. The molecule has 0 fully saturated rings. The van der Waals surface area contributed by atoms with Gasteiger partial charge in [0.1, 0.15) is 11.5 Å². The molecule has 0 saturated carbocycles. The van der Waals surface area contributed by atoms with Crippen molar-refractivity contribution in [2.75, 3.05) is 47.4 Å². The quantitative estimate of drug-likeness (QED) is 0.403. The molecule has 180 valence electrons. The van der Waals surface area contributed by atoms with Gasteiger partial charge in [-0.1, -0.05) is 0 Å². The van der Waals surface area contributed by atoms with E-state index in [9.17, 15) is 9.59 Å². The van der Waals surface area contributed by atoms with Gasteiger partial charge in [0.2, 0.25) is 17.6 Å². The van der Waals surface area contributed by atoms with Crippen molar-refractivity contribution in [1.29, 1.82) is 0 Å². The Bertz CT molecular complexity index is 1150. The van der Waals surface area contributed by atoms with Crippen LogP contribution in [-0.4, -0.2) is 69.1 Å². The fourth-order valence-electron chi connectivity index (χ4n) is 3.08. The molecule has 3 aromatic rings. The van der Waals surface area contributed by atoms with Crippen molar-refractivity contribution in [2.45, 2.75) is 0 Å². The zero-order chi connectivity index (χ0) is 24.7. The molecule has 3 rings (SSSR count). The third-order valence-electron chi connectivity index (χ3n) is 4.74. The molecular formula is C22H25N5O7. The van der Waals surface area contributed by atoms with E-state index in [1.807, 2.05) is 0 Å². The summed E-state index contributed by atoms with van der Waals surface area (Å²) in [6.45, 7) is -0.314. The van der Waals surface area contributed by atoms with Crippen molar-refractivity contribution < 1.29 is 33.3 Å². The zero-order valence-electron chi connectivity index (χ0n) is 19.3. The number of rotatable bonds is 10. The molecule has 1 aromatic heterocycles. The second-order valence-corrected chi connectivity index (χ2v) is 6.72. The Morgan fingerprint density at radius 1 is 0.882 bits per heavy atom. The Balaban J connectivity index is 1.64. The lowest BCUT2D eigenvalue weighted by molar-refractivity contribution is -0.115. The van der Waals surface area contributed by atoms with Crippen LogP contribution in [0.5, 0.6) is 28.7 Å². The van der Waals surface area contributed by atoms with Gasteiger partial charge in [-0.3, -0.25) is 20.0 Å². The normalized spacial score (nSPS) is 10.3. The van der Waals surface area contributed by atoms with Crippen molar-refractivity contribution in [3.05, 3.63) is 35.9 Å². The molecule has 0 aliphatic heterocycles. The van der Waals surface area contributed by atoms with Gasteiger partial charge in [0.05, 0.1) is 47.7 Å². The first-order valence-electron chi connectivity index (χ1n) is 9.96. The van der Waals surface area contributed by atoms with E-state index in [0.29, 0.717) is 40.1 Å². The van der Waals surface area contributed by atoms with Gasteiger partial charge in [0.15, 0.2) is 17.3 Å². The number of amides is 2. The highest BCUT2D eigenvalue weighted by Gasteiger charge is 2.18. The van der Waals surface area contributed by atoms with Gasteiger partial charge in [-0.05, 0) is 24.3 Å². The molecule has 12 heteroatoms. The van der Waals surface area contributed by atoms with Gasteiger partial charge in [-0.2, -0.15) is 4.98 Å². The van der Waals surface area contributed by atoms with E-state index in [0.717, 1.165) is 0 Å². The van der Waals surface area contributed by atoms with E-state index in [1.165, 1.54) is 40.6 Å². The Morgan fingerprint density at radius 2 is 1.56 bits per heavy atom. The molecule has 0 aliphatic rings. The standard InChI is InChI=1S/C22H25N5O7/c1-30-13-6-7-14(15(10-13)31-2)20-25-22(27-26-20)24-18(28)11-23-21(29)12-8-16(32-3)19(34-5)17(9-12)33-4/h6-10H,11H2,1-5H3,(H,23,29)(H2,24,25,26,27,28).